The van der Waals surface area contributed by atoms with Gasteiger partial charge < -0.3 is 10.6 Å². The van der Waals surface area contributed by atoms with Crippen LogP contribution >= 0.6 is 0 Å². The first kappa shape index (κ1) is 15.9. The summed E-state index contributed by atoms with van der Waals surface area (Å²) in [6.07, 6.45) is 0.998. The minimum atomic E-state index is -0.188. The molecule has 2 aromatic rings. The molecule has 0 aliphatic carbocycles. The maximum atomic E-state index is 12.3. The van der Waals surface area contributed by atoms with Crippen LogP contribution in [0, 0.1) is 13.8 Å². The number of hydrogen-bond donors (Lipinski definition) is 2. The fraction of sp³-hybridized carbons (Fsp3) is 0.353. The van der Waals surface area contributed by atoms with Crippen molar-refractivity contribution in [2.75, 3.05) is 11.9 Å². The fourth-order valence-electron chi connectivity index (χ4n) is 2.12. The van der Waals surface area contributed by atoms with Crippen molar-refractivity contribution in [1.82, 2.24) is 15.3 Å². The van der Waals surface area contributed by atoms with Crippen molar-refractivity contribution in [3.63, 3.8) is 0 Å². The van der Waals surface area contributed by atoms with Crippen molar-refractivity contribution in [2.24, 2.45) is 0 Å². The van der Waals surface area contributed by atoms with E-state index in [2.05, 4.69) is 33.6 Å². The number of carbonyl (C=O) groups excluding carboxylic acids is 1. The van der Waals surface area contributed by atoms with Gasteiger partial charge in [-0.05, 0) is 25.8 Å². The van der Waals surface area contributed by atoms with Gasteiger partial charge in [0, 0.05) is 19.2 Å². The molecule has 2 N–H and O–H groups in total. The predicted molar refractivity (Wildman–Crippen MR) is 87.9 cm³/mol. The van der Waals surface area contributed by atoms with Crippen molar-refractivity contribution < 1.29 is 4.79 Å². The van der Waals surface area contributed by atoms with E-state index < -0.39 is 0 Å². The molecule has 0 saturated carbocycles. The molecule has 0 saturated heterocycles. The van der Waals surface area contributed by atoms with Crippen molar-refractivity contribution >= 4 is 11.7 Å². The number of aromatic nitrogens is 2. The Labute approximate surface area is 131 Å². The molecular formula is C17H22N4O. The molecule has 0 atom stereocenters. The zero-order chi connectivity index (χ0) is 15.9. The summed E-state index contributed by atoms with van der Waals surface area (Å²) < 4.78 is 0. The average Bonchev–Trinajstić information content (AvgIpc) is 2.50. The molecule has 0 spiro atoms. The van der Waals surface area contributed by atoms with E-state index >= 15 is 0 Å². The lowest BCUT2D eigenvalue weighted by Gasteiger charge is -2.09. The molecule has 2 rings (SSSR count). The highest BCUT2D eigenvalue weighted by molar-refractivity contribution is 5.92. The molecular weight excluding hydrogens is 276 g/mol. The quantitative estimate of drug-likeness (QED) is 0.860. The second-order valence-corrected chi connectivity index (χ2v) is 5.28. The monoisotopic (exact) mass is 298 g/mol. The second-order valence-electron chi connectivity index (χ2n) is 5.28. The van der Waals surface area contributed by atoms with Gasteiger partial charge in [-0.15, -0.1) is 0 Å². The number of anilines is 1. The Balaban J connectivity index is 2.04. The molecule has 0 aliphatic rings. The number of aryl methyl sites for hydroxylation is 2. The summed E-state index contributed by atoms with van der Waals surface area (Å²) in [7, 11) is 0. The molecule has 1 amide bonds. The number of amides is 1. The summed E-state index contributed by atoms with van der Waals surface area (Å²) in [4.78, 5) is 20.7. The molecule has 5 heteroatoms. The molecule has 0 unspecified atom stereocenters. The molecule has 0 fully saturated rings. The van der Waals surface area contributed by atoms with E-state index in [-0.39, 0.29) is 5.91 Å². The van der Waals surface area contributed by atoms with Crippen LogP contribution in [-0.4, -0.2) is 22.4 Å². The summed E-state index contributed by atoms with van der Waals surface area (Å²) in [5.41, 5.74) is 2.64. The van der Waals surface area contributed by atoms with E-state index in [1.165, 1.54) is 5.56 Å². The van der Waals surface area contributed by atoms with Gasteiger partial charge in [0.25, 0.3) is 5.91 Å². The number of nitrogens with zero attached hydrogens (tertiary/aromatic N) is 2. The van der Waals surface area contributed by atoms with Crippen LogP contribution in [0.1, 0.15) is 40.8 Å². The largest absolute Gasteiger partial charge is 0.370 e. The van der Waals surface area contributed by atoms with Crippen LogP contribution in [0.15, 0.2) is 30.3 Å². The van der Waals surface area contributed by atoms with Gasteiger partial charge in [0.05, 0.1) is 0 Å². The van der Waals surface area contributed by atoms with E-state index in [1.54, 1.807) is 13.0 Å². The maximum Gasteiger partial charge on any atom is 0.270 e. The number of rotatable bonds is 6. The first-order valence-corrected chi connectivity index (χ1v) is 7.52. The van der Waals surface area contributed by atoms with Crippen LogP contribution in [0.3, 0.4) is 0 Å². The van der Waals surface area contributed by atoms with Crippen LogP contribution < -0.4 is 10.6 Å². The van der Waals surface area contributed by atoms with Crippen molar-refractivity contribution in [2.45, 2.75) is 33.7 Å². The van der Waals surface area contributed by atoms with E-state index in [0.717, 1.165) is 18.5 Å². The average molecular weight is 298 g/mol. The Morgan fingerprint density at radius 1 is 1.18 bits per heavy atom. The second kappa shape index (κ2) is 7.54. The smallest absolute Gasteiger partial charge is 0.270 e. The Bertz CT molecular complexity index is 655. The summed E-state index contributed by atoms with van der Waals surface area (Å²) in [5.74, 6) is 1.09. The van der Waals surface area contributed by atoms with Gasteiger partial charge in [0.15, 0.2) is 0 Å². The Hall–Kier alpha value is -2.43. The zero-order valence-electron chi connectivity index (χ0n) is 13.3. The molecule has 0 radical (unpaired) electrons. The third-order valence-electron chi connectivity index (χ3n) is 3.16. The zero-order valence-corrected chi connectivity index (χ0v) is 13.3. The third-order valence-corrected chi connectivity index (χ3v) is 3.16. The molecule has 22 heavy (non-hydrogen) atoms. The summed E-state index contributed by atoms with van der Waals surface area (Å²) in [5, 5.41) is 6.08. The highest BCUT2D eigenvalue weighted by atomic mass is 16.1. The Morgan fingerprint density at radius 3 is 2.73 bits per heavy atom. The van der Waals surface area contributed by atoms with Crippen LogP contribution in [-0.2, 0) is 6.54 Å². The number of hydrogen-bond acceptors (Lipinski definition) is 4. The lowest BCUT2D eigenvalue weighted by atomic mass is 10.1. The lowest BCUT2D eigenvalue weighted by Crippen LogP contribution is -2.24. The van der Waals surface area contributed by atoms with Crippen molar-refractivity contribution in [1.29, 1.82) is 0 Å². The van der Waals surface area contributed by atoms with Crippen molar-refractivity contribution in [3.05, 3.63) is 53.0 Å². The first-order valence-electron chi connectivity index (χ1n) is 7.52. The molecule has 0 bridgehead atoms. The minimum absolute atomic E-state index is 0.188. The van der Waals surface area contributed by atoms with Crippen molar-refractivity contribution in [3.8, 4) is 0 Å². The molecule has 1 aromatic heterocycles. The topological polar surface area (TPSA) is 66.9 Å². The number of nitrogens with one attached hydrogen (secondary N) is 2. The Kier molecular flexibility index (Phi) is 5.47. The maximum absolute atomic E-state index is 12.3. The van der Waals surface area contributed by atoms with Gasteiger partial charge in [-0.25, -0.2) is 9.97 Å². The summed E-state index contributed by atoms with van der Waals surface area (Å²) in [6.45, 7) is 7.21. The van der Waals surface area contributed by atoms with Gasteiger partial charge >= 0.3 is 0 Å². The van der Waals surface area contributed by atoms with Gasteiger partial charge in [-0.1, -0.05) is 36.8 Å². The highest BCUT2D eigenvalue weighted by Gasteiger charge is 2.10. The van der Waals surface area contributed by atoms with E-state index in [9.17, 15) is 4.79 Å². The summed E-state index contributed by atoms with van der Waals surface area (Å²) >= 11 is 0. The fourth-order valence-corrected chi connectivity index (χ4v) is 2.12. The highest BCUT2D eigenvalue weighted by Crippen LogP contribution is 2.08. The molecule has 5 nitrogen and oxygen atoms in total. The van der Waals surface area contributed by atoms with E-state index in [1.807, 2.05) is 25.1 Å². The van der Waals surface area contributed by atoms with Gasteiger partial charge in [-0.3, -0.25) is 4.79 Å². The van der Waals surface area contributed by atoms with Crippen LogP contribution in [0.5, 0.6) is 0 Å². The standard InChI is InChI=1S/C17H22N4O/c1-4-8-18-16-10-15(20-13(3)21-16)17(22)19-11-14-7-5-6-12(2)9-14/h5-7,9-10H,4,8,11H2,1-3H3,(H,19,22)(H,18,20,21). The lowest BCUT2D eigenvalue weighted by molar-refractivity contribution is 0.0945. The molecule has 1 aromatic carbocycles. The van der Waals surface area contributed by atoms with Gasteiger partial charge in [0.2, 0.25) is 0 Å². The minimum Gasteiger partial charge on any atom is -0.370 e. The van der Waals surface area contributed by atoms with E-state index in [4.69, 9.17) is 0 Å². The SMILES string of the molecule is CCCNc1cc(C(=O)NCc2cccc(C)c2)nc(C)n1. The molecule has 116 valence electrons. The first-order chi connectivity index (χ1) is 10.6. The number of carbonyl (C=O) groups is 1. The molecule has 1 heterocycles. The van der Waals surface area contributed by atoms with Gasteiger partial charge in [-0.2, -0.15) is 0 Å². The Morgan fingerprint density at radius 2 is 2.00 bits per heavy atom. The van der Waals surface area contributed by atoms with Crippen LogP contribution in [0.2, 0.25) is 0 Å². The number of benzene rings is 1. The third kappa shape index (κ3) is 4.55. The van der Waals surface area contributed by atoms with Gasteiger partial charge in [0.1, 0.15) is 17.3 Å². The summed E-state index contributed by atoms with van der Waals surface area (Å²) in [6, 6.07) is 9.75. The van der Waals surface area contributed by atoms with Crippen LogP contribution in [0.25, 0.3) is 0 Å². The van der Waals surface area contributed by atoms with E-state index in [0.29, 0.717) is 23.9 Å². The normalized spacial score (nSPS) is 10.3. The molecule has 0 aliphatic heterocycles. The predicted octanol–water partition coefficient (Wildman–Crippen LogP) is 2.85. The van der Waals surface area contributed by atoms with Crippen LogP contribution in [0.4, 0.5) is 5.82 Å².